The normalized spacial score (nSPS) is 13.1. The Morgan fingerprint density at radius 3 is 2.68 bits per heavy atom. The molecule has 1 aromatic heterocycles. The van der Waals surface area contributed by atoms with E-state index in [-0.39, 0.29) is 17.1 Å². The summed E-state index contributed by atoms with van der Waals surface area (Å²) in [6.45, 7) is 0.163. The van der Waals surface area contributed by atoms with Crippen LogP contribution in [0.15, 0.2) is 62.5 Å². The van der Waals surface area contributed by atoms with E-state index in [1.807, 2.05) is 0 Å². The zero-order valence-corrected chi connectivity index (χ0v) is 18.8. The quantitative estimate of drug-likeness (QED) is 0.386. The molecule has 0 saturated carbocycles. The predicted octanol–water partition coefficient (Wildman–Crippen LogP) is 3.11. The maximum atomic E-state index is 13.0. The summed E-state index contributed by atoms with van der Waals surface area (Å²) in [4.78, 5) is 12.7. The van der Waals surface area contributed by atoms with Crippen LogP contribution in [-0.2, 0) is 19.4 Å². The van der Waals surface area contributed by atoms with Gasteiger partial charge in [0.05, 0.1) is 0 Å². The Labute approximate surface area is 175 Å². The standard InChI is InChI=1S/C19H13AsBrO6S/c1-25-19(22)17-13(20-28(23,24)16-5-3-2-4-14(16)21)7-6-12-11-8-9-26-15(11)10-27-18(12)17/h2-9H,10H2,1H3. The molecule has 0 bridgehead atoms. The average molecular weight is 524 g/mol. The van der Waals surface area contributed by atoms with Crippen molar-refractivity contribution in [3.05, 3.63) is 64.5 Å². The topological polar surface area (TPSA) is 82.8 Å². The molecule has 0 amide bonds. The zero-order valence-electron chi connectivity index (χ0n) is 14.5. The summed E-state index contributed by atoms with van der Waals surface area (Å²) in [5.74, 6) is 0.359. The van der Waals surface area contributed by atoms with Gasteiger partial charge in [-0.25, -0.2) is 0 Å². The fourth-order valence-electron chi connectivity index (χ4n) is 2.97. The molecule has 3 aromatic rings. The number of rotatable bonds is 4. The molecule has 2 heterocycles. The van der Waals surface area contributed by atoms with Crippen LogP contribution in [0.2, 0.25) is 0 Å². The number of hydrogen-bond acceptors (Lipinski definition) is 6. The second kappa shape index (κ2) is 7.43. The van der Waals surface area contributed by atoms with E-state index in [1.54, 1.807) is 48.7 Å². The average Bonchev–Trinajstić information content (AvgIpc) is 3.16. The molecule has 0 fully saturated rings. The summed E-state index contributed by atoms with van der Waals surface area (Å²) in [7, 11) is -2.36. The molecule has 9 heteroatoms. The second-order valence-corrected chi connectivity index (χ2v) is 13.5. The molecular formula is C19H13AsBrO6S. The molecule has 0 N–H and O–H groups in total. The molecule has 0 spiro atoms. The molecule has 0 aliphatic carbocycles. The van der Waals surface area contributed by atoms with E-state index in [0.29, 0.717) is 25.9 Å². The number of benzene rings is 2. The van der Waals surface area contributed by atoms with Crippen LogP contribution in [0, 0.1) is 0 Å². The van der Waals surface area contributed by atoms with Crippen LogP contribution >= 0.6 is 15.9 Å². The van der Waals surface area contributed by atoms with Crippen LogP contribution in [0.3, 0.4) is 0 Å². The fourth-order valence-corrected chi connectivity index (χ4v) is 10.6. The van der Waals surface area contributed by atoms with E-state index < -0.39 is 28.7 Å². The van der Waals surface area contributed by atoms with E-state index in [9.17, 15) is 13.2 Å². The minimum atomic E-state index is -3.62. The van der Waals surface area contributed by atoms with Gasteiger partial charge in [-0.05, 0) is 0 Å². The number of carbonyl (C=O) groups is 1. The number of fused-ring (bicyclic) bond motifs is 3. The first-order valence-corrected chi connectivity index (χ1v) is 13.6. The number of ether oxygens (including phenoxy) is 2. The van der Waals surface area contributed by atoms with Crippen LogP contribution in [0.25, 0.3) is 11.1 Å². The molecular weight excluding hydrogens is 511 g/mol. The van der Waals surface area contributed by atoms with Crippen LogP contribution < -0.4 is 9.09 Å². The second-order valence-electron chi connectivity index (χ2n) is 5.87. The predicted molar refractivity (Wildman–Crippen MR) is 107 cm³/mol. The molecule has 4 rings (SSSR count). The Bertz CT molecular complexity index is 1180. The van der Waals surface area contributed by atoms with Gasteiger partial charge in [0, 0.05) is 0 Å². The number of methoxy groups -OCH3 is 1. The third kappa shape index (κ3) is 3.30. The first-order valence-electron chi connectivity index (χ1n) is 8.10. The Morgan fingerprint density at radius 2 is 1.93 bits per heavy atom. The van der Waals surface area contributed by atoms with Crippen molar-refractivity contribution in [2.45, 2.75) is 11.5 Å². The molecule has 1 aliphatic heterocycles. The molecule has 143 valence electrons. The summed E-state index contributed by atoms with van der Waals surface area (Å²) in [5, 5.41) is 0. The molecule has 0 unspecified atom stereocenters. The molecule has 1 aliphatic rings. The van der Waals surface area contributed by atoms with Crippen molar-refractivity contribution >= 4 is 48.9 Å². The fraction of sp³-hybridized carbons (Fsp3) is 0.105. The van der Waals surface area contributed by atoms with Crippen molar-refractivity contribution in [3.8, 4) is 16.9 Å². The number of halogens is 1. The van der Waals surface area contributed by atoms with E-state index >= 15 is 0 Å². The van der Waals surface area contributed by atoms with Gasteiger partial charge < -0.3 is 0 Å². The number of hydrogen-bond donors (Lipinski definition) is 0. The maximum absolute atomic E-state index is 13.0. The van der Waals surface area contributed by atoms with Crippen LogP contribution in [0.5, 0.6) is 5.75 Å². The van der Waals surface area contributed by atoms with Crippen molar-refractivity contribution in [2.24, 2.45) is 0 Å². The van der Waals surface area contributed by atoms with Crippen molar-refractivity contribution in [2.75, 3.05) is 7.11 Å². The number of esters is 1. The molecule has 0 saturated heterocycles. The summed E-state index contributed by atoms with van der Waals surface area (Å²) in [6.07, 6.45) is 1.55. The Hall–Kier alpha value is -2.02. The van der Waals surface area contributed by atoms with Gasteiger partial charge in [0.25, 0.3) is 0 Å². The molecule has 2 aromatic carbocycles. The van der Waals surface area contributed by atoms with E-state index in [2.05, 4.69) is 15.9 Å². The van der Waals surface area contributed by atoms with Gasteiger partial charge in [0.1, 0.15) is 0 Å². The van der Waals surface area contributed by atoms with Gasteiger partial charge in [-0.3, -0.25) is 0 Å². The van der Waals surface area contributed by atoms with Crippen LogP contribution in [0.1, 0.15) is 16.1 Å². The van der Waals surface area contributed by atoms with Gasteiger partial charge >= 0.3 is 176 Å². The summed E-state index contributed by atoms with van der Waals surface area (Å²) in [5.41, 5.74) is 1.66. The summed E-state index contributed by atoms with van der Waals surface area (Å²) < 4.78 is 43.0. The van der Waals surface area contributed by atoms with Crippen molar-refractivity contribution in [1.82, 2.24) is 0 Å². The van der Waals surface area contributed by atoms with Crippen LogP contribution in [0.4, 0.5) is 0 Å². The van der Waals surface area contributed by atoms with Gasteiger partial charge in [-0.1, -0.05) is 0 Å². The van der Waals surface area contributed by atoms with Gasteiger partial charge in [0.15, 0.2) is 0 Å². The van der Waals surface area contributed by atoms with Crippen molar-refractivity contribution < 1.29 is 27.1 Å². The summed E-state index contributed by atoms with van der Waals surface area (Å²) >= 11 is 1.86. The Kier molecular flexibility index (Phi) is 5.12. The Balaban J connectivity index is 1.85. The van der Waals surface area contributed by atoms with E-state index in [1.165, 1.54) is 7.11 Å². The van der Waals surface area contributed by atoms with Gasteiger partial charge in [0.2, 0.25) is 0 Å². The molecule has 0 atom stereocenters. The van der Waals surface area contributed by atoms with Crippen LogP contribution in [-0.4, -0.2) is 36.1 Å². The van der Waals surface area contributed by atoms with Crippen molar-refractivity contribution in [1.29, 1.82) is 0 Å². The monoisotopic (exact) mass is 523 g/mol. The first-order chi connectivity index (χ1) is 13.4. The van der Waals surface area contributed by atoms with E-state index in [4.69, 9.17) is 13.9 Å². The molecule has 28 heavy (non-hydrogen) atoms. The van der Waals surface area contributed by atoms with Gasteiger partial charge in [-0.15, -0.1) is 0 Å². The third-order valence-electron chi connectivity index (χ3n) is 4.24. The summed E-state index contributed by atoms with van der Waals surface area (Å²) in [6, 6.07) is 11.8. The minimum absolute atomic E-state index is 0.155. The zero-order chi connectivity index (χ0) is 19.9. The van der Waals surface area contributed by atoms with Gasteiger partial charge in [-0.2, -0.15) is 0 Å². The number of furan rings is 1. The van der Waals surface area contributed by atoms with Crippen molar-refractivity contribution in [3.63, 3.8) is 0 Å². The SMILES string of the molecule is COC(=O)c1c([As]S(=O)(=O)c2ccccc2Br)ccc2c1OCc1occc1-2. The van der Waals surface area contributed by atoms with E-state index in [0.717, 1.165) is 5.56 Å². The molecule has 1 radical (unpaired) electrons. The first kappa shape index (κ1) is 19.3. The third-order valence-corrected chi connectivity index (χ3v) is 11.3. The Morgan fingerprint density at radius 1 is 1.14 bits per heavy atom. The number of carbonyl (C=O) groups excluding carboxylic acids is 1. The molecule has 6 nitrogen and oxygen atoms in total.